The van der Waals surface area contributed by atoms with E-state index in [1.54, 1.807) is 6.07 Å². The fourth-order valence-corrected chi connectivity index (χ4v) is 1.63. The molecule has 5 nitrogen and oxygen atoms in total. The molecule has 3 N–H and O–H groups in total. The number of hydrogen-bond acceptors (Lipinski definition) is 4. The number of ether oxygens (including phenoxy) is 1. The van der Waals surface area contributed by atoms with Crippen molar-refractivity contribution < 1.29 is 9.53 Å². The van der Waals surface area contributed by atoms with Crippen LogP contribution in [0.2, 0.25) is 0 Å². The highest BCUT2D eigenvalue weighted by molar-refractivity contribution is 5.96. The Balaban J connectivity index is 2.57. The third-order valence-corrected chi connectivity index (χ3v) is 2.81. The highest BCUT2D eigenvalue weighted by Gasteiger charge is 2.11. The molecule has 112 valence electrons. The number of benzene rings is 1. The first-order valence-electron chi connectivity index (χ1n) is 6.91. The van der Waals surface area contributed by atoms with Crippen molar-refractivity contribution in [2.45, 2.75) is 19.4 Å². The molecular formula is C15H25N3O2. The lowest BCUT2D eigenvalue weighted by molar-refractivity contribution is 0.0948. The molecule has 1 aromatic carbocycles. The second-order valence-electron chi connectivity index (χ2n) is 5.17. The number of nitrogens with one attached hydrogen (secondary N) is 1. The summed E-state index contributed by atoms with van der Waals surface area (Å²) in [6, 6.07) is 7.37. The summed E-state index contributed by atoms with van der Waals surface area (Å²) in [6.45, 7) is 3.85. The Labute approximate surface area is 121 Å². The first-order valence-corrected chi connectivity index (χ1v) is 6.91. The number of nitrogens with two attached hydrogens (primary N) is 1. The molecule has 0 bridgehead atoms. The number of carbonyl (C=O) groups is 1. The lowest BCUT2D eigenvalue weighted by atomic mass is 10.2. The molecular weight excluding hydrogens is 254 g/mol. The summed E-state index contributed by atoms with van der Waals surface area (Å²) in [7, 11) is 3.96. The van der Waals surface area contributed by atoms with Gasteiger partial charge in [-0.2, -0.15) is 0 Å². The maximum absolute atomic E-state index is 12.1. The van der Waals surface area contributed by atoms with E-state index in [1.165, 1.54) is 0 Å². The van der Waals surface area contributed by atoms with Crippen molar-refractivity contribution in [1.82, 2.24) is 10.2 Å². The molecule has 1 rings (SSSR count). The third kappa shape index (κ3) is 6.04. The van der Waals surface area contributed by atoms with E-state index in [1.807, 2.05) is 44.1 Å². The van der Waals surface area contributed by atoms with Crippen molar-refractivity contribution in [2.24, 2.45) is 5.73 Å². The van der Waals surface area contributed by atoms with Gasteiger partial charge in [-0.15, -0.1) is 0 Å². The van der Waals surface area contributed by atoms with Gasteiger partial charge in [-0.3, -0.25) is 4.79 Å². The van der Waals surface area contributed by atoms with Gasteiger partial charge in [0.1, 0.15) is 12.4 Å². The number of nitrogens with zero attached hydrogens (tertiary/aromatic N) is 1. The molecule has 0 aromatic heterocycles. The third-order valence-electron chi connectivity index (χ3n) is 2.81. The van der Waals surface area contributed by atoms with Crippen LogP contribution in [0.25, 0.3) is 0 Å². The van der Waals surface area contributed by atoms with Crippen LogP contribution in [0, 0.1) is 0 Å². The molecule has 0 saturated carbocycles. The van der Waals surface area contributed by atoms with Crippen LogP contribution in [0.5, 0.6) is 5.75 Å². The molecule has 0 aliphatic heterocycles. The Hall–Kier alpha value is -1.59. The van der Waals surface area contributed by atoms with Gasteiger partial charge >= 0.3 is 0 Å². The normalized spacial score (nSPS) is 12.2. The molecule has 5 heteroatoms. The summed E-state index contributed by atoms with van der Waals surface area (Å²) in [6.07, 6.45) is 0.759. The molecule has 0 spiro atoms. The molecule has 0 radical (unpaired) electrons. The zero-order valence-corrected chi connectivity index (χ0v) is 12.6. The molecule has 20 heavy (non-hydrogen) atoms. The van der Waals surface area contributed by atoms with Crippen LogP contribution in [0.15, 0.2) is 24.3 Å². The second-order valence-corrected chi connectivity index (χ2v) is 5.17. The van der Waals surface area contributed by atoms with E-state index in [-0.39, 0.29) is 11.9 Å². The van der Waals surface area contributed by atoms with Crippen LogP contribution in [-0.4, -0.2) is 50.6 Å². The predicted octanol–water partition coefficient (Wildman–Crippen LogP) is 1.09. The number of para-hydroxylation sites is 1. The van der Waals surface area contributed by atoms with Crippen molar-refractivity contribution in [3.8, 4) is 5.75 Å². The number of amides is 1. The Morgan fingerprint density at radius 3 is 2.75 bits per heavy atom. The van der Waals surface area contributed by atoms with Gasteiger partial charge in [0.2, 0.25) is 0 Å². The van der Waals surface area contributed by atoms with E-state index < -0.39 is 0 Å². The minimum atomic E-state index is -0.119. The number of hydrogen-bond donors (Lipinski definition) is 2. The summed E-state index contributed by atoms with van der Waals surface area (Å²) in [5, 5.41) is 2.86. The summed E-state index contributed by atoms with van der Waals surface area (Å²) in [4.78, 5) is 14.1. The first kappa shape index (κ1) is 16.5. The van der Waals surface area contributed by atoms with Gasteiger partial charge in [-0.05, 0) is 39.6 Å². The van der Waals surface area contributed by atoms with Gasteiger partial charge in [0.05, 0.1) is 5.56 Å². The number of carbonyl (C=O) groups excluding carboxylic acids is 1. The van der Waals surface area contributed by atoms with E-state index in [4.69, 9.17) is 10.5 Å². The maximum Gasteiger partial charge on any atom is 0.255 e. The smallest absolute Gasteiger partial charge is 0.255 e. The average Bonchev–Trinajstić information content (AvgIpc) is 2.38. The standard InChI is InChI=1S/C15H25N3O2/c1-12(16)8-9-17-15(19)13-6-4-5-7-14(13)20-11-10-18(2)3/h4-7,12H,8-11,16H2,1-3H3,(H,17,19). The lowest BCUT2D eigenvalue weighted by Gasteiger charge is -2.14. The van der Waals surface area contributed by atoms with Crippen molar-refractivity contribution in [3.05, 3.63) is 29.8 Å². The van der Waals surface area contributed by atoms with Gasteiger partial charge in [0.15, 0.2) is 0 Å². The minimum absolute atomic E-state index is 0.0851. The second kappa shape index (κ2) is 8.55. The molecule has 0 aliphatic rings. The predicted molar refractivity (Wildman–Crippen MR) is 81.1 cm³/mol. The largest absolute Gasteiger partial charge is 0.491 e. The average molecular weight is 279 g/mol. The molecule has 0 aliphatic carbocycles. The van der Waals surface area contributed by atoms with Crippen molar-refractivity contribution in [1.29, 1.82) is 0 Å². The van der Waals surface area contributed by atoms with Crippen LogP contribution in [0.3, 0.4) is 0 Å². The number of rotatable bonds is 8. The quantitative estimate of drug-likeness (QED) is 0.747. The van der Waals surface area contributed by atoms with Gasteiger partial charge in [-0.1, -0.05) is 12.1 Å². The molecule has 1 unspecified atom stereocenters. The molecule has 0 saturated heterocycles. The van der Waals surface area contributed by atoms with Gasteiger partial charge in [0, 0.05) is 19.1 Å². The SMILES string of the molecule is CC(N)CCNC(=O)c1ccccc1OCCN(C)C. The molecule has 1 aromatic rings. The van der Waals surface area contributed by atoms with Crippen LogP contribution < -0.4 is 15.8 Å². The van der Waals surface area contributed by atoms with Crippen LogP contribution in [0.1, 0.15) is 23.7 Å². The topological polar surface area (TPSA) is 67.6 Å². The Morgan fingerprint density at radius 1 is 1.40 bits per heavy atom. The maximum atomic E-state index is 12.1. The van der Waals surface area contributed by atoms with E-state index in [0.717, 1.165) is 13.0 Å². The number of likely N-dealkylation sites (N-methyl/N-ethyl adjacent to an activating group) is 1. The van der Waals surface area contributed by atoms with E-state index in [0.29, 0.717) is 24.5 Å². The van der Waals surface area contributed by atoms with Crippen LogP contribution in [0.4, 0.5) is 0 Å². The monoisotopic (exact) mass is 279 g/mol. The van der Waals surface area contributed by atoms with Gasteiger partial charge in [-0.25, -0.2) is 0 Å². The highest BCUT2D eigenvalue weighted by atomic mass is 16.5. The summed E-state index contributed by atoms with van der Waals surface area (Å²) in [5.74, 6) is 0.499. The summed E-state index contributed by atoms with van der Waals surface area (Å²) < 4.78 is 5.67. The zero-order valence-electron chi connectivity index (χ0n) is 12.6. The molecule has 1 atom stereocenters. The fraction of sp³-hybridized carbons (Fsp3) is 0.533. The summed E-state index contributed by atoms with van der Waals surface area (Å²) >= 11 is 0. The highest BCUT2D eigenvalue weighted by Crippen LogP contribution is 2.17. The molecule has 0 fully saturated rings. The zero-order chi connectivity index (χ0) is 15.0. The first-order chi connectivity index (χ1) is 9.50. The Kier molecular flexibility index (Phi) is 7.04. The van der Waals surface area contributed by atoms with E-state index in [9.17, 15) is 4.79 Å². The fourth-order valence-electron chi connectivity index (χ4n) is 1.63. The van der Waals surface area contributed by atoms with Crippen molar-refractivity contribution in [3.63, 3.8) is 0 Å². The Bertz CT molecular complexity index is 419. The Morgan fingerprint density at radius 2 is 2.10 bits per heavy atom. The van der Waals surface area contributed by atoms with Gasteiger partial charge in [0.25, 0.3) is 5.91 Å². The van der Waals surface area contributed by atoms with Crippen molar-refractivity contribution in [2.75, 3.05) is 33.8 Å². The van der Waals surface area contributed by atoms with Crippen LogP contribution >= 0.6 is 0 Å². The van der Waals surface area contributed by atoms with Gasteiger partial charge < -0.3 is 20.7 Å². The van der Waals surface area contributed by atoms with E-state index in [2.05, 4.69) is 5.32 Å². The molecule has 0 heterocycles. The molecule has 1 amide bonds. The van der Waals surface area contributed by atoms with Crippen LogP contribution in [-0.2, 0) is 0 Å². The minimum Gasteiger partial charge on any atom is -0.491 e. The van der Waals surface area contributed by atoms with Crippen molar-refractivity contribution >= 4 is 5.91 Å². The summed E-state index contributed by atoms with van der Waals surface area (Å²) in [5.41, 5.74) is 6.23. The van der Waals surface area contributed by atoms with E-state index >= 15 is 0 Å². The lowest BCUT2D eigenvalue weighted by Crippen LogP contribution is -2.29.